The van der Waals surface area contributed by atoms with Crippen molar-refractivity contribution in [2.45, 2.75) is 24.8 Å². The van der Waals surface area contributed by atoms with Crippen molar-refractivity contribution in [1.82, 2.24) is 5.48 Å². The molecule has 0 bridgehead atoms. The quantitative estimate of drug-likeness (QED) is 0.580. The Balaban J connectivity index is 4.28. The molecule has 4 nitrogen and oxygen atoms in total. The molecular formula is C6H8F6N2O2. The molecule has 0 aromatic heterocycles. The van der Waals surface area contributed by atoms with Gasteiger partial charge in [0.15, 0.2) is 12.1 Å². The molecule has 0 aromatic rings. The standard InChI is InChI=1S/C6H8F6N2O2/c1-4(13,6(10,11)12)3(15)14-16-2-5(7,8)9/h2,13H2,1H3,(H,14,15). The van der Waals surface area contributed by atoms with Crippen LogP contribution in [0.3, 0.4) is 0 Å². The summed E-state index contributed by atoms with van der Waals surface area (Å²) in [6.07, 6.45) is -9.87. The second-order valence-corrected chi connectivity index (χ2v) is 3.04. The lowest BCUT2D eigenvalue weighted by Crippen LogP contribution is -2.61. The summed E-state index contributed by atoms with van der Waals surface area (Å²) in [6.45, 7) is -1.61. The maximum Gasteiger partial charge on any atom is 0.415 e. The maximum absolute atomic E-state index is 12.1. The number of carbonyl (C=O) groups is 1. The van der Waals surface area contributed by atoms with Crippen molar-refractivity contribution in [2.24, 2.45) is 5.73 Å². The van der Waals surface area contributed by atoms with Gasteiger partial charge >= 0.3 is 12.4 Å². The Morgan fingerprint density at radius 2 is 1.69 bits per heavy atom. The fraction of sp³-hybridized carbons (Fsp3) is 0.833. The number of alkyl halides is 6. The van der Waals surface area contributed by atoms with E-state index < -0.39 is 30.4 Å². The normalized spacial score (nSPS) is 16.8. The molecule has 0 heterocycles. The number of hydrogen-bond donors (Lipinski definition) is 2. The third-order valence-corrected chi connectivity index (χ3v) is 1.46. The minimum absolute atomic E-state index is 0.305. The molecule has 3 N–H and O–H groups in total. The predicted molar refractivity (Wildman–Crippen MR) is 38.8 cm³/mol. The van der Waals surface area contributed by atoms with Crippen LogP contribution in [0, 0.1) is 0 Å². The Bertz CT molecular complexity index is 259. The van der Waals surface area contributed by atoms with Crippen molar-refractivity contribution < 1.29 is 36.0 Å². The minimum atomic E-state index is -5.10. The second-order valence-electron chi connectivity index (χ2n) is 3.04. The van der Waals surface area contributed by atoms with E-state index in [2.05, 4.69) is 10.6 Å². The van der Waals surface area contributed by atoms with Gasteiger partial charge in [-0.15, -0.1) is 0 Å². The van der Waals surface area contributed by atoms with Crippen LogP contribution >= 0.6 is 0 Å². The molecule has 1 amide bonds. The number of carbonyl (C=O) groups excluding carboxylic acids is 1. The molecular weight excluding hydrogens is 246 g/mol. The van der Waals surface area contributed by atoms with Gasteiger partial charge in [0.1, 0.15) is 0 Å². The van der Waals surface area contributed by atoms with Crippen LogP contribution in [0.25, 0.3) is 0 Å². The molecule has 1 unspecified atom stereocenters. The highest BCUT2D eigenvalue weighted by Gasteiger charge is 2.54. The van der Waals surface area contributed by atoms with Crippen LogP contribution in [0.2, 0.25) is 0 Å². The summed E-state index contributed by atoms with van der Waals surface area (Å²) in [6, 6.07) is 0. The molecule has 0 aromatic carbocycles. The largest absolute Gasteiger partial charge is 0.415 e. The van der Waals surface area contributed by atoms with Gasteiger partial charge in [0, 0.05) is 0 Å². The number of rotatable bonds is 3. The van der Waals surface area contributed by atoms with E-state index in [4.69, 9.17) is 0 Å². The van der Waals surface area contributed by atoms with Crippen molar-refractivity contribution in [1.29, 1.82) is 0 Å². The lowest BCUT2D eigenvalue weighted by molar-refractivity contribution is -0.208. The number of hydroxylamine groups is 1. The van der Waals surface area contributed by atoms with E-state index in [-0.39, 0.29) is 0 Å². The Kier molecular flexibility index (Phi) is 4.17. The van der Waals surface area contributed by atoms with E-state index in [1.807, 2.05) is 0 Å². The zero-order valence-corrected chi connectivity index (χ0v) is 7.87. The number of nitrogens with one attached hydrogen (secondary N) is 1. The van der Waals surface area contributed by atoms with Gasteiger partial charge in [-0.1, -0.05) is 0 Å². The Morgan fingerprint density at radius 3 is 2.00 bits per heavy atom. The van der Waals surface area contributed by atoms with Crippen molar-refractivity contribution in [3.8, 4) is 0 Å². The van der Waals surface area contributed by atoms with E-state index >= 15 is 0 Å². The van der Waals surface area contributed by atoms with Crippen LogP contribution < -0.4 is 11.2 Å². The summed E-state index contributed by atoms with van der Waals surface area (Å²) < 4.78 is 70.8. The molecule has 0 fully saturated rings. The third-order valence-electron chi connectivity index (χ3n) is 1.46. The van der Waals surface area contributed by atoms with Crippen LogP contribution in [0.15, 0.2) is 0 Å². The fourth-order valence-electron chi connectivity index (χ4n) is 0.418. The topological polar surface area (TPSA) is 64.4 Å². The molecule has 96 valence electrons. The highest BCUT2D eigenvalue weighted by molar-refractivity contribution is 5.85. The molecule has 0 aliphatic heterocycles. The van der Waals surface area contributed by atoms with E-state index in [0.717, 1.165) is 5.48 Å². The van der Waals surface area contributed by atoms with E-state index in [1.54, 1.807) is 0 Å². The van der Waals surface area contributed by atoms with Gasteiger partial charge in [0.05, 0.1) is 0 Å². The summed E-state index contributed by atoms with van der Waals surface area (Å²) in [5.41, 5.74) is 2.25. The summed E-state index contributed by atoms with van der Waals surface area (Å²) in [7, 11) is 0. The molecule has 0 rings (SSSR count). The van der Waals surface area contributed by atoms with Crippen LogP contribution in [0.5, 0.6) is 0 Å². The maximum atomic E-state index is 12.1. The van der Waals surface area contributed by atoms with E-state index in [1.165, 1.54) is 0 Å². The van der Waals surface area contributed by atoms with Gasteiger partial charge in [-0.05, 0) is 6.92 Å². The fourth-order valence-corrected chi connectivity index (χ4v) is 0.418. The first-order chi connectivity index (χ1) is 6.88. The molecule has 16 heavy (non-hydrogen) atoms. The zero-order valence-electron chi connectivity index (χ0n) is 7.87. The van der Waals surface area contributed by atoms with E-state index in [9.17, 15) is 31.1 Å². The number of amides is 1. The summed E-state index contributed by atoms with van der Waals surface area (Å²) in [5.74, 6) is -1.91. The molecule has 1 atom stereocenters. The third kappa shape index (κ3) is 4.23. The molecule has 0 spiro atoms. The van der Waals surface area contributed by atoms with Crippen molar-refractivity contribution in [2.75, 3.05) is 6.61 Å². The molecule has 0 saturated carbocycles. The summed E-state index contributed by atoms with van der Waals surface area (Å²) in [5, 5.41) is 0. The van der Waals surface area contributed by atoms with E-state index in [0.29, 0.717) is 6.92 Å². The van der Waals surface area contributed by atoms with Crippen molar-refractivity contribution >= 4 is 5.91 Å². The molecule has 0 radical (unpaired) electrons. The Hall–Kier alpha value is -1.03. The monoisotopic (exact) mass is 254 g/mol. The summed E-state index contributed by atoms with van der Waals surface area (Å²) >= 11 is 0. The molecule has 0 saturated heterocycles. The van der Waals surface area contributed by atoms with Crippen molar-refractivity contribution in [3.05, 3.63) is 0 Å². The first kappa shape index (κ1) is 15.0. The highest BCUT2D eigenvalue weighted by Crippen LogP contribution is 2.27. The van der Waals surface area contributed by atoms with Gasteiger partial charge in [-0.3, -0.25) is 9.63 Å². The van der Waals surface area contributed by atoms with Gasteiger partial charge in [0.25, 0.3) is 5.91 Å². The van der Waals surface area contributed by atoms with Crippen LogP contribution in [0.4, 0.5) is 26.3 Å². The van der Waals surface area contributed by atoms with Crippen molar-refractivity contribution in [3.63, 3.8) is 0 Å². The SMILES string of the molecule is CC(N)(C(=O)NOCC(F)(F)F)C(F)(F)F. The first-order valence-electron chi connectivity index (χ1n) is 3.72. The number of nitrogens with two attached hydrogens (primary N) is 1. The van der Waals surface area contributed by atoms with Gasteiger partial charge < -0.3 is 5.73 Å². The molecule has 0 aliphatic carbocycles. The van der Waals surface area contributed by atoms with Gasteiger partial charge in [0.2, 0.25) is 0 Å². The summed E-state index contributed by atoms with van der Waals surface area (Å²) in [4.78, 5) is 14.3. The zero-order chi connectivity index (χ0) is 13.2. The first-order valence-corrected chi connectivity index (χ1v) is 3.72. The van der Waals surface area contributed by atoms with Crippen LogP contribution in [0.1, 0.15) is 6.92 Å². The Morgan fingerprint density at radius 1 is 1.25 bits per heavy atom. The van der Waals surface area contributed by atoms with Gasteiger partial charge in [-0.2, -0.15) is 26.3 Å². The lowest BCUT2D eigenvalue weighted by Gasteiger charge is -2.25. The Labute approximate surface area is 85.7 Å². The van der Waals surface area contributed by atoms with Crippen LogP contribution in [-0.2, 0) is 9.63 Å². The predicted octanol–water partition coefficient (Wildman–Crippen LogP) is 0.876. The minimum Gasteiger partial charge on any atom is -0.310 e. The number of halogens is 6. The van der Waals surface area contributed by atoms with Gasteiger partial charge in [-0.25, -0.2) is 5.48 Å². The molecule has 10 heteroatoms. The second kappa shape index (κ2) is 4.45. The highest BCUT2D eigenvalue weighted by atomic mass is 19.4. The molecule has 0 aliphatic rings. The smallest absolute Gasteiger partial charge is 0.310 e. The number of hydrogen-bond acceptors (Lipinski definition) is 3. The average molecular weight is 254 g/mol. The average Bonchev–Trinajstić information content (AvgIpc) is 1.99. The lowest BCUT2D eigenvalue weighted by atomic mass is 10.0. The van der Waals surface area contributed by atoms with Crippen LogP contribution in [-0.4, -0.2) is 30.4 Å².